The summed E-state index contributed by atoms with van der Waals surface area (Å²) >= 11 is 0. The fraction of sp³-hybridized carbons (Fsp3) is 0.353. The van der Waals surface area contributed by atoms with Crippen LogP contribution in [0.3, 0.4) is 0 Å². The average molecular weight is 349 g/mol. The van der Waals surface area contributed by atoms with E-state index in [-0.39, 0.29) is 23.2 Å². The first-order valence-electron chi connectivity index (χ1n) is 7.86. The van der Waals surface area contributed by atoms with E-state index in [1.165, 1.54) is 12.1 Å². The van der Waals surface area contributed by atoms with Gasteiger partial charge in [-0.2, -0.15) is 0 Å². The van der Waals surface area contributed by atoms with Crippen molar-refractivity contribution in [3.8, 4) is 0 Å². The summed E-state index contributed by atoms with van der Waals surface area (Å²) < 4.78 is 27.5. The summed E-state index contributed by atoms with van der Waals surface area (Å²) in [5, 5.41) is 5.26. The van der Waals surface area contributed by atoms with Crippen molar-refractivity contribution in [2.24, 2.45) is 0 Å². The topological polar surface area (TPSA) is 70.2 Å². The predicted molar refractivity (Wildman–Crippen MR) is 91.9 cm³/mol. The van der Waals surface area contributed by atoms with Crippen LogP contribution in [0.1, 0.15) is 22.6 Å². The Balaban J connectivity index is 2.10. The standard InChI is InChI=1S/C17H21F2N5O/c1-11-10-14(16(25)20-8-5-9-24(2)3)22-17(21-11)23-15-12(18)6-4-7-13(15)19/h4,6-7,10H,5,8-9H2,1-3H3,(H,20,25)(H,21,22,23). The van der Waals surface area contributed by atoms with Crippen molar-refractivity contribution in [3.05, 3.63) is 47.3 Å². The Hall–Kier alpha value is -2.61. The molecule has 0 saturated heterocycles. The molecule has 0 spiro atoms. The number of hydrogen-bond acceptors (Lipinski definition) is 5. The smallest absolute Gasteiger partial charge is 0.270 e. The van der Waals surface area contributed by atoms with Gasteiger partial charge in [0.2, 0.25) is 5.95 Å². The number of anilines is 2. The van der Waals surface area contributed by atoms with Gasteiger partial charge in [-0.3, -0.25) is 4.79 Å². The third-order valence-electron chi connectivity index (χ3n) is 3.35. The normalized spacial score (nSPS) is 10.8. The second kappa shape index (κ2) is 8.48. The van der Waals surface area contributed by atoms with Crippen molar-refractivity contribution in [2.75, 3.05) is 32.5 Å². The van der Waals surface area contributed by atoms with E-state index in [1.54, 1.807) is 6.92 Å². The molecule has 1 aromatic carbocycles. The molecule has 6 nitrogen and oxygen atoms in total. The molecule has 25 heavy (non-hydrogen) atoms. The van der Waals surface area contributed by atoms with Gasteiger partial charge in [0.25, 0.3) is 5.91 Å². The number of nitrogens with zero attached hydrogens (tertiary/aromatic N) is 3. The molecule has 2 aromatic rings. The third kappa shape index (κ3) is 5.46. The lowest BCUT2D eigenvalue weighted by Crippen LogP contribution is -2.28. The Morgan fingerprint density at radius 3 is 2.52 bits per heavy atom. The highest BCUT2D eigenvalue weighted by Gasteiger charge is 2.13. The number of aryl methyl sites for hydroxylation is 1. The maximum absolute atomic E-state index is 13.7. The molecule has 0 fully saturated rings. The first-order valence-corrected chi connectivity index (χ1v) is 7.86. The van der Waals surface area contributed by atoms with Crippen LogP contribution in [0.4, 0.5) is 20.4 Å². The number of halogens is 2. The summed E-state index contributed by atoms with van der Waals surface area (Å²) in [5.41, 5.74) is 0.287. The molecular formula is C17H21F2N5O. The van der Waals surface area contributed by atoms with Crippen LogP contribution in [0, 0.1) is 18.6 Å². The van der Waals surface area contributed by atoms with E-state index in [4.69, 9.17) is 0 Å². The summed E-state index contributed by atoms with van der Waals surface area (Å²) in [6.45, 7) is 3.03. The van der Waals surface area contributed by atoms with Gasteiger partial charge in [0.15, 0.2) is 0 Å². The van der Waals surface area contributed by atoms with Crippen LogP contribution in [-0.2, 0) is 0 Å². The minimum absolute atomic E-state index is 0.0394. The lowest BCUT2D eigenvalue weighted by molar-refractivity contribution is 0.0947. The zero-order valence-electron chi connectivity index (χ0n) is 14.4. The Bertz CT molecular complexity index is 732. The Morgan fingerprint density at radius 1 is 1.20 bits per heavy atom. The molecule has 134 valence electrons. The molecule has 0 aliphatic rings. The minimum Gasteiger partial charge on any atom is -0.351 e. The Morgan fingerprint density at radius 2 is 1.88 bits per heavy atom. The van der Waals surface area contributed by atoms with Crippen molar-refractivity contribution in [1.82, 2.24) is 20.2 Å². The summed E-state index contributed by atoms with van der Waals surface area (Å²) in [5.74, 6) is -1.93. The highest BCUT2D eigenvalue weighted by Crippen LogP contribution is 2.21. The number of carbonyl (C=O) groups is 1. The minimum atomic E-state index is -0.764. The first kappa shape index (κ1) is 18.7. The molecule has 1 heterocycles. The van der Waals surface area contributed by atoms with Gasteiger partial charge in [-0.1, -0.05) is 6.07 Å². The van der Waals surface area contributed by atoms with Gasteiger partial charge in [0, 0.05) is 12.2 Å². The number of rotatable bonds is 7. The molecule has 1 aromatic heterocycles. The summed E-state index contributed by atoms with van der Waals surface area (Å²) in [4.78, 5) is 22.3. The van der Waals surface area contributed by atoms with Gasteiger partial charge >= 0.3 is 0 Å². The fourth-order valence-electron chi connectivity index (χ4n) is 2.16. The number of aromatic nitrogens is 2. The molecule has 2 rings (SSSR count). The van der Waals surface area contributed by atoms with Crippen molar-refractivity contribution in [1.29, 1.82) is 0 Å². The van der Waals surface area contributed by atoms with E-state index in [1.807, 2.05) is 19.0 Å². The van der Waals surface area contributed by atoms with Crippen molar-refractivity contribution in [3.63, 3.8) is 0 Å². The van der Waals surface area contributed by atoms with E-state index in [0.29, 0.717) is 12.2 Å². The SMILES string of the molecule is Cc1cc(C(=O)NCCCN(C)C)nc(Nc2c(F)cccc2F)n1. The molecule has 2 N–H and O–H groups in total. The number of hydrogen-bond donors (Lipinski definition) is 2. The van der Waals surface area contributed by atoms with E-state index in [9.17, 15) is 13.6 Å². The first-order chi connectivity index (χ1) is 11.9. The van der Waals surface area contributed by atoms with Gasteiger partial charge in [-0.15, -0.1) is 0 Å². The molecule has 0 atom stereocenters. The molecule has 8 heteroatoms. The average Bonchev–Trinajstić information content (AvgIpc) is 2.54. The maximum atomic E-state index is 13.7. The summed E-state index contributed by atoms with van der Waals surface area (Å²) in [6, 6.07) is 5.03. The lowest BCUT2D eigenvalue weighted by Gasteiger charge is -2.11. The second-order valence-corrected chi connectivity index (χ2v) is 5.85. The van der Waals surface area contributed by atoms with Gasteiger partial charge in [-0.25, -0.2) is 18.7 Å². The summed E-state index contributed by atoms with van der Waals surface area (Å²) in [7, 11) is 3.91. The van der Waals surface area contributed by atoms with Crippen LogP contribution < -0.4 is 10.6 Å². The van der Waals surface area contributed by atoms with Gasteiger partial charge in [0.1, 0.15) is 23.0 Å². The molecule has 0 radical (unpaired) electrons. The molecule has 0 bridgehead atoms. The molecule has 1 amide bonds. The highest BCUT2D eigenvalue weighted by molar-refractivity contribution is 5.92. The zero-order valence-corrected chi connectivity index (χ0v) is 14.4. The van der Waals surface area contributed by atoms with Crippen LogP contribution in [-0.4, -0.2) is 48.0 Å². The largest absolute Gasteiger partial charge is 0.351 e. The number of carbonyl (C=O) groups excluding carboxylic acids is 1. The van der Waals surface area contributed by atoms with Crippen LogP contribution >= 0.6 is 0 Å². The van der Waals surface area contributed by atoms with Gasteiger partial charge in [0.05, 0.1) is 0 Å². The molecule has 0 aliphatic heterocycles. The predicted octanol–water partition coefficient (Wildman–Crippen LogP) is 2.49. The molecule has 0 unspecified atom stereocenters. The van der Waals surface area contributed by atoms with Crippen molar-refractivity contribution in [2.45, 2.75) is 13.3 Å². The fourth-order valence-corrected chi connectivity index (χ4v) is 2.16. The van der Waals surface area contributed by atoms with Crippen LogP contribution in [0.5, 0.6) is 0 Å². The lowest BCUT2D eigenvalue weighted by atomic mass is 10.3. The second-order valence-electron chi connectivity index (χ2n) is 5.85. The number of amides is 1. The molecular weight excluding hydrogens is 328 g/mol. The molecule has 0 aliphatic carbocycles. The zero-order chi connectivity index (χ0) is 18.4. The van der Waals surface area contributed by atoms with Gasteiger partial charge in [-0.05, 0) is 52.2 Å². The Kier molecular flexibility index (Phi) is 6.35. The maximum Gasteiger partial charge on any atom is 0.270 e. The summed E-state index contributed by atoms with van der Waals surface area (Å²) in [6.07, 6.45) is 0.800. The number of benzene rings is 1. The van der Waals surface area contributed by atoms with Crippen LogP contribution in [0.25, 0.3) is 0 Å². The Labute approximate surface area is 145 Å². The number of para-hydroxylation sites is 1. The van der Waals surface area contributed by atoms with E-state index < -0.39 is 11.6 Å². The quantitative estimate of drug-likeness (QED) is 0.752. The third-order valence-corrected chi connectivity index (χ3v) is 3.35. The monoisotopic (exact) mass is 349 g/mol. The van der Waals surface area contributed by atoms with Crippen molar-refractivity contribution >= 4 is 17.5 Å². The van der Waals surface area contributed by atoms with Crippen LogP contribution in [0.15, 0.2) is 24.3 Å². The van der Waals surface area contributed by atoms with Crippen molar-refractivity contribution < 1.29 is 13.6 Å². The number of nitrogens with one attached hydrogen (secondary N) is 2. The van der Waals surface area contributed by atoms with Gasteiger partial charge < -0.3 is 15.5 Å². The van der Waals surface area contributed by atoms with E-state index in [0.717, 1.165) is 25.1 Å². The molecule has 0 saturated carbocycles. The highest BCUT2D eigenvalue weighted by atomic mass is 19.1. The van der Waals surface area contributed by atoms with Crippen LogP contribution in [0.2, 0.25) is 0 Å². The van der Waals surface area contributed by atoms with E-state index in [2.05, 4.69) is 20.6 Å². The van der Waals surface area contributed by atoms with E-state index >= 15 is 0 Å².